The monoisotopic (exact) mass is 457 g/mol. The zero-order valence-electron chi connectivity index (χ0n) is 18.4. The van der Waals surface area contributed by atoms with Crippen molar-refractivity contribution in [2.24, 2.45) is 0 Å². The van der Waals surface area contributed by atoms with Crippen LogP contribution in [0.1, 0.15) is 18.1 Å². The molecule has 0 aliphatic carbocycles. The second-order valence-electron chi connectivity index (χ2n) is 8.03. The molecule has 6 nitrogen and oxygen atoms in total. The van der Waals surface area contributed by atoms with E-state index in [-0.39, 0.29) is 18.4 Å². The Kier molecular flexibility index (Phi) is 5.56. The summed E-state index contributed by atoms with van der Waals surface area (Å²) >= 11 is 1.48. The van der Waals surface area contributed by atoms with Crippen molar-refractivity contribution >= 4 is 44.2 Å². The van der Waals surface area contributed by atoms with Gasteiger partial charge < -0.3 is 9.64 Å². The van der Waals surface area contributed by atoms with Gasteiger partial charge in [0.25, 0.3) is 5.91 Å². The number of hydrogen-bond acceptors (Lipinski definition) is 5. The van der Waals surface area contributed by atoms with E-state index in [1.165, 1.54) is 18.3 Å². The van der Waals surface area contributed by atoms with Crippen molar-refractivity contribution in [3.63, 3.8) is 0 Å². The van der Waals surface area contributed by atoms with Gasteiger partial charge >= 0.3 is 0 Å². The van der Waals surface area contributed by atoms with Gasteiger partial charge in [-0.2, -0.15) is 0 Å². The van der Waals surface area contributed by atoms with Crippen molar-refractivity contribution in [2.45, 2.75) is 26.5 Å². The summed E-state index contributed by atoms with van der Waals surface area (Å²) in [5.74, 6) is 0.169. The Morgan fingerprint density at radius 2 is 1.82 bits per heavy atom. The maximum atomic E-state index is 13.9. The van der Waals surface area contributed by atoms with E-state index in [1.807, 2.05) is 73.7 Å². The highest BCUT2D eigenvalue weighted by molar-refractivity contribution is 7.22. The lowest BCUT2D eigenvalue weighted by atomic mass is 10.1. The molecular weight excluding hydrogens is 434 g/mol. The Labute approximate surface area is 196 Å². The zero-order valence-corrected chi connectivity index (χ0v) is 19.2. The van der Waals surface area contributed by atoms with Crippen LogP contribution in [0, 0.1) is 6.92 Å². The average molecular weight is 458 g/mol. The number of amides is 2. The molecule has 2 heterocycles. The van der Waals surface area contributed by atoms with E-state index in [1.54, 1.807) is 15.9 Å². The molecule has 0 fully saturated rings. The van der Waals surface area contributed by atoms with Gasteiger partial charge in [-0.1, -0.05) is 65.9 Å². The van der Waals surface area contributed by atoms with Crippen molar-refractivity contribution in [1.29, 1.82) is 0 Å². The number of hydrogen-bond donors (Lipinski definition) is 0. The van der Waals surface area contributed by atoms with Crippen LogP contribution in [-0.4, -0.2) is 29.4 Å². The molecule has 0 saturated carbocycles. The number of para-hydroxylation sites is 3. The molecule has 1 aliphatic heterocycles. The number of carbonyl (C=O) groups is 2. The molecule has 0 saturated heterocycles. The normalized spacial score (nSPS) is 15.1. The zero-order chi connectivity index (χ0) is 22.9. The third-order valence-electron chi connectivity index (χ3n) is 5.72. The molecule has 0 bridgehead atoms. The van der Waals surface area contributed by atoms with Gasteiger partial charge in [0.05, 0.1) is 29.0 Å². The highest BCUT2D eigenvalue weighted by Gasteiger charge is 2.36. The number of benzene rings is 3. The lowest BCUT2D eigenvalue weighted by Gasteiger charge is -2.35. The van der Waals surface area contributed by atoms with Crippen LogP contribution in [-0.2, 0) is 16.1 Å². The number of anilines is 2. The number of nitrogens with zero attached hydrogens (tertiary/aromatic N) is 3. The van der Waals surface area contributed by atoms with Gasteiger partial charge in [0.15, 0.2) is 11.2 Å². The Bertz CT molecular complexity index is 1340. The van der Waals surface area contributed by atoms with Crippen LogP contribution >= 0.6 is 11.3 Å². The van der Waals surface area contributed by atoms with Crippen molar-refractivity contribution in [1.82, 2.24) is 4.98 Å². The third-order valence-corrected chi connectivity index (χ3v) is 6.76. The molecular formula is C26H23N3O3S. The van der Waals surface area contributed by atoms with Gasteiger partial charge in [-0.3, -0.25) is 14.5 Å². The number of rotatable bonds is 4. The lowest BCUT2D eigenvalue weighted by Crippen LogP contribution is -2.51. The number of fused-ring (bicyclic) bond motifs is 2. The summed E-state index contributed by atoms with van der Waals surface area (Å²) in [6, 6.07) is 23.1. The van der Waals surface area contributed by atoms with Crippen LogP contribution < -0.4 is 14.5 Å². The number of thiazole rings is 1. The molecule has 1 aromatic heterocycles. The summed E-state index contributed by atoms with van der Waals surface area (Å²) in [4.78, 5) is 34.3. The van der Waals surface area contributed by atoms with Crippen LogP contribution in [0.15, 0.2) is 72.8 Å². The first-order valence-corrected chi connectivity index (χ1v) is 11.6. The maximum absolute atomic E-state index is 13.9. The Balaban J connectivity index is 1.54. The number of aromatic nitrogens is 1. The van der Waals surface area contributed by atoms with E-state index in [9.17, 15) is 9.59 Å². The van der Waals surface area contributed by atoms with Crippen LogP contribution in [0.25, 0.3) is 10.2 Å². The second kappa shape index (κ2) is 8.67. The minimum absolute atomic E-state index is 0.131. The number of ether oxygens (including phenoxy) is 1. The Morgan fingerprint density at radius 1 is 1.06 bits per heavy atom. The topological polar surface area (TPSA) is 62.7 Å². The Morgan fingerprint density at radius 3 is 2.58 bits per heavy atom. The summed E-state index contributed by atoms with van der Waals surface area (Å²) in [5.41, 5.74) is 3.62. The molecule has 0 unspecified atom stereocenters. The quantitative estimate of drug-likeness (QED) is 0.435. The molecule has 0 N–H and O–H groups in total. The van der Waals surface area contributed by atoms with Gasteiger partial charge in [-0.15, -0.1) is 0 Å². The first kappa shape index (κ1) is 21.2. The van der Waals surface area contributed by atoms with E-state index in [0.29, 0.717) is 23.1 Å². The molecule has 2 amide bonds. The molecule has 5 rings (SSSR count). The van der Waals surface area contributed by atoms with E-state index in [2.05, 4.69) is 0 Å². The van der Waals surface area contributed by atoms with Gasteiger partial charge in [0, 0.05) is 6.92 Å². The Hall–Kier alpha value is -3.71. The van der Waals surface area contributed by atoms with Crippen molar-refractivity contribution in [3.8, 4) is 5.75 Å². The van der Waals surface area contributed by atoms with E-state index in [0.717, 1.165) is 21.3 Å². The summed E-state index contributed by atoms with van der Waals surface area (Å²) in [7, 11) is 0. The van der Waals surface area contributed by atoms with Crippen LogP contribution in [0.5, 0.6) is 5.75 Å². The summed E-state index contributed by atoms with van der Waals surface area (Å²) in [6.45, 7) is 4.03. The van der Waals surface area contributed by atoms with E-state index >= 15 is 0 Å². The SMILES string of the molecule is CC(=O)N1C[C@@H](C(=O)N(Cc2ccccc2)c2nc3c(C)cccc3s2)Oc2ccccc21. The number of aryl methyl sites for hydroxylation is 1. The average Bonchev–Trinajstić information content (AvgIpc) is 3.27. The standard InChI is InChI=1S/C26H23N3O3S/c1-17-9-8-14-23-24(17)27-26(33-23)29(15-19-10-4-3-5-11-19)25(31)22-16-28(18(2)30)20-12-6-7-13-21(20)32-22/h3-14,22H,15-16H2,1-2H3/t22-/m0/s1. The number of carbonyl (C=O) groups excluding carboxylic acids is 2. The predicted molar refractivity (Wildman–Crippen MR) is 131 cm³/mol. The fraction of sp³-hybridized carbons (Fsp3) is 0.192. The molecule has 3 aromatic carbocycles. The third kappa shape index (κ3) is 4.07. The molecule has 1 aliphatic rings. The summed E-state index contributed by atoms with van der Waals surface area (Å²) < 4.78 is 7.13. The molecule has 0 spiro atoms. The van der Waals surface area contributed by atoms with Gasteiger partial charge in [0.1, 0.15) is 5.75 Å². The van der Waals surface area contributed by atoms with Crippen molar-refractivity contribution < 1.29 is 14.3 Å². The fourth-order valence-corrected chi connectivity index (χ4v) is 5.08. The molecule has 7 heteroatoms. The van der Waals surface area contributed by atoms with Crippen LogP contribution in [0.2, 0.25) is 0 Å². The molecule has 0 radical (unpaired) electrons. The van der Waals surface area contributed by atoms with Gasteiger partial charge in [-0.05, 0) is 36.2 Å². The first-order valence-electron chi connectivity index (χ1n) is 10.8. The summed E-state index contributed by atoms with van der Waals surface area (Å²) in [5, 5.41) is 0.616. The lowest BCUT2D eigenvalue weighted by molar-refractivity contribution is -0.125. The smallest absolute Gasteiger partial charge is 0.272 e. The maximum Gasteiger partial charge on any atom is 0.272 e. The van der Waals surface area contributed by atoms with Crippen LogP contribution in [0.3, 0.4) is 0 Å². The highest BCUT2D eigenvalue weighted by atomic mass is 32.1. The van der Waals surface area contributed by atoms with Gasteiger partial charge in [-0.25, -0.2) is 4.98 Å². The second-order valence-corrected chi connectivity index (χ2v) is 9.04. The van der Waals surface area contributed by atoms with E-state index < -0.39 is 6.10 Å². The fourth-order valence-electron chi connectivity index (χ4n) is 4.03. The minimum Gasteiger partial charge on any atom is -0.476 e. The minimum atomic E-state index is -0.833. The predicted octanol–water partition coefficient (Wildman–Crippen LogP) is 4.95. The molecule has 4 aromatic rings. The highest BCUT2D eigenvalue weighted by Crippen LogP contribution is 2.36. The van der Waals surface area contributed by atoms with Crippen molar-refractivity contribution in [3.05, 3.63) is 83.9 Å². The van der Waals surface area contributed by atoms with Crippen molar-refractivity contribution in [2.75, 3.05) is 16.3 Å². The largest absolute Gasteiger partial charge is 0.476 e. The van der Waals surface area contributed by atoms with Gasteiger partial charge in [0.2, 0.25) is 5.91 Å². The van der Waals surface area contributed by atoms with E-state index in [4.69, 9.17) is 9.72 Å². The first-order chi connectivity index (χ1) is 16.0. The molecule has 166 valence electrons. The molecule has 33 heavy (non-hydrogen) atoms. The molecule has 1 atom stereocenters. The summed E-state index contributed by atoms with van der Waals surface area (Å²) in [6.07, 6.45) is -0.833. The van der Waals surface area contributed by atoms with Crippen LogP contribution in [0.4, 0.5) is 10.8 Å².